The van der Waals surface area contributed by atoms with Gasteiger partial charge in [-0.05, 0) is 45.2 Å². The Morgan fingerprint density at radius 1 is 1.26 bits per heavy atom. The number of nitrogens with zero attached hydrogens (tertiary/aromatic N) is 1. The van der Waals surface area contributed by atoms with Gasteiger partial charge in [-0.1, -0.05) is 12.1 Å². The summed E-state index contributed by atoms with van der Waals surface area (Å²) in [6.07, 6.45) is 3.03. The van der Waals surface area contributed by atoms with E-state index in [4.69, 9.17) is 9.15 Å². The molecule has 1 aromatic carbocycles. The Morgan fingerprint density at radius 3 is 2.61 bits per heavy atom. The molecule has 0 N–H and O–H groups in total. The van der Waals surface area contributed by atoms with Gasteiger partial charge in [0.1, 0.15) is 5.56 Å². The third-order valence-electron chi connectivity index (χ3n) is 4.60. The van der Waals surface area contributed by atoms with Gasteiger partial charge < -0.3 is 14.1 Å². The molecule has 1 aliphatic heterocycles. The smallest absolute Gasteiger partial charge is 0.349 e. The van der Waals surface area contributed by atoms with Gasteiger partial charge in [0.25, 0.3) is 5.91 Å². The first-order valence-electron chi connectivity index (χ1n) is 7.96. The van der Waals surface area contributed by atoms with Crippen molar-refractivity contribution in [3.05, 3.63) is 40.2 Å². The number of ether oxygens (including phenoxy) is 1. The highest BCUT2D eigenvalue weighted by Gasteiger charge is 2.31. The number of methoxy groups -OCH3 is 1. The van der Waals surface area contributed by atoms with E-state index in [1.54, 1.807) is 18.2 Å². The van der Waals surface area contributed by atoms with Crippen LogP contribution >= 0.6 is 0 Å². The highest BCUT2D eigenvalue weighted by atomic mass is 16.5. The maximum Gasteiger partial charge on any atom is 0.349 e. The molecule has 122 valence electrons. The van der Waals surface area contributed by atoms with Crippen molar-refractivity contribution < 1.29 is 13.9 Å². The van der Waals surface area contributed by atoms with E-state index >= 15 is 0 Å². The Morgan fingerprint density at radius 2 is 1.96 bits per heavy atom. The number of piperidine rings is 1. The standard InChI is InChI=1S/C18H21NO4/c1-11-6-4-7-12(2)19(11)17(20)14-10-13-8-5-9-15(22-3)16(13)23-18(14)21/h5,8-12H,4,6-7H2,1-3H3/t11-,12-/m0/s1. The van der Waals surface area contributed by atoms with Gasteiger partial charge in [0.15, 0.2) is 11.3 Å². The van der Waals surface area contributed by atoms with Crippen molar-refractivity contribution in [1.82, 2.24) is 4.90 Å². The van der Waals surface area contributed by atoms with Crippen molar-refractivity contribution in [2.24, 2.45) is 0 Å². The van der Waals surface area contributed by atoms with Gasteiger partial charge in [-0.15, -0.1) is 0 Å². The van der Waals surface area contributed by atoms with Crippen LogP contribution in [0.1, 0.15) is 43.5 Å². The number of rotatable bonds is 2. The Balaban J connectivity index is 2.07. The molecule has 1 saturated heterocycles. The predicted molar refractivity (Wildman–Crippen MR) is 88.0 cm³/mol. The number of likely N-dealkylation sites (tertiary alicyclic amines) is 1. The average Bonchev–Trinajstić information content (AvgIpc) is 2.53. The Hall–Kier alpha value is -2.30. The molecule has 5 heteroatoms. The second kappa shape index (κ2) is 6.07. The molecule has 0 bridgehead atoms. The maximum atomic E-state index is 12.9. The highest BCUT2D eigenvalue weighted by Crippen LogP contribution is 2.27. The summed E-state index contributed by atoms with van der Waals surface area (Å²) in [6.45, 7) is 4.05. The van der Waals surface area contributed by atoms with Crippen LogP contribution in [0.4, 0.5) is 0 Å². The number of carbonyl (C=O) groups is 1. The van der Waals surface area contributed by atoms with Crippen LogP contribution < -0.4 is 10.4 Å². The fraction of sp³-hybridized carbons (Fsp3) is 0.444. The summed E-state index contributed by atoms with van der Waals surface area (Å²) in [5, 5.41) is 0.685. The first-order chi connectivity index (χ1) is 11.0. The molecule has 23 heavy (non-hydrogen) atoms. The fourth-order valence-corrected chi connectivity index (χ4v) is 3.39. The fourth-order valence-electron chi connectivity index (χ4n) is 3.39. The van der Waals surface area contributed by atoms with E-state index in [0.29, 0.717) is 16.7 Å². The molecule has 0 spiro atoms. The van der Waals surface area contributed by atoms with Crippen molar-refractivity contribution in [1.29, 1.82) is 0 Å². The summed E-state index contributed by atoms with van der Waals surface area (Å²) < 4.78 is 10.6. The van der Waals surface area contributed by atoms with E-state index in [-0.39, 0.29) is 23.6 Å². The molecular weight excluding hydrogens is 294 g/mol. The lowest BCUT2D eigenvalue weighted by Gasteiger charge is -2.38. The van der Waals surface area contributed by atoms with Gasteiger partial charge in [-0.3, -0.25) is 4.79 Å². The first kappa shape index (κ1) is 15.6. The van der Waals surface area contributed by atoms with E-state index in [9.17, 15) is 9.59 Å². The monoisotopic (exact) mass is 315 g/mol. The minimum absolute atomic E-state index is 0.0892. The zero-order valence-electron chi connectivity index (χ0n) is 13.7. The second-order valence-electron chi connectivity index (χ2n) is 6.17. The molecule has 0 aliphatic carbocycles. The van der Waals surface area contributed by atoms with Crippen LogP contribution in [-0.4, -0.2) is 30.0 Å². The molecule has 0 radical (unpaired) electrons. The van der Waals surface area contributed by atoms with Crippen molar-refractivity contribution in [3.8, 4) is 5.75 Å². The second-order valence-corrected chi connectivity index (χ2v) is 6.17. The number of benzene rings is 1. The van der Waals surface area contributed by atoms with E-state index in [1.807, 2.05) is 24.8 Å². The topological polar surface area (TPSA) is 59.8 Å². The van der Waals surface area contributed by atoms with E-state index in [1.165, 1.54) is 7.11 Å². The Kier molecular flexibility index (Phi) is 4.11. The maximum absolute atomic E-state index is 12.9. The largest absolute Gasteiger partial charge is 0.493 e. The van der Waals surface area contributed by atoms with Gasteiger partial charge in [0, 0.05) is 17.5 Å². The molecule has 2 atom stereocenters. The van der Waals surface area contributed by atoms with Crippen molar-refractivity contribution in [2.75, 3.05) is 7.11 Å². The minimum atomic E-state index is -0.614. The van der Waals surface area contributed by atoms with Crippen LogP contribution in [0.2, 0.25) is 0 Å². The van der Waals surface area contributed by atoms with E-state index < -0.39 is 5.63 Å². The van der Waals surface area contributed by atoms with Gasteiger partial charge in [-0.25, -0.2) is 4.79 Å². The van der Waals surface area contributed by atoms with E-state index in [0.717, 1.165) is 19.3 Å². The quantitative estimate of drug-likeness (QED) is 0.799. The summed E-state index contributed by atoms with van der Waals surface area (Å²) in [7, 11) is 1.52. The van der Waals surface area contributed by atoms with Crippen LogP contribution in [0.15, 0.2) is 33.5 Å². The number of amides is 1. The van der Waals surface area contributed by atoms with E-state index in [2.05, 4.69) is 0 Å². The van der Waals surface area contributed by atoms with Gasteiger partial charge in [-0.2, -0.15) is 0 Å². The molecule has 2 heterocycles. The molecule has 1 fully saturated rings. The highest BCUT2D eigenvalue weighted by molar-refractivity contribution is 5.97. The van der Waals surface area contributed by atoms with Crippen LogP contribution in [0.3, 0.4) is 0 Å². The zero-order valence-corrected chi connectivity index (χ0v) is 13.7. The molecule has 0 unspecified atom stereocenters. The number of carbonyl (C=O) groups excluding carboxylic acids is 1. The Labute approximate surface area is 134 Å². The van der Waals surface area contributed by atoms with Gasteiger partial charge in [0.05, 0.1) is 7.11 Å². The lowest BCUT2D eigenvalue weighted by molar-refractivity contribution is 0.0506. The molecule has 0 saturated carbocycles. The number of hydrogen-bond acceptors (Lipinski definition) is 4. The molecule has 1 amide bonds. The lowest BCUT2D eigenvalue weighted by atomic mass is 9.96. The normalized spacial score (nSPS) is 21.4. The molecule has 5 nitrogen and oxygen atoms in total. The van der Waals surface area contributed by atoms with Crippen molar-refractivity contribution in [3.63, 3.8) is 0 Å². The van der Waals surface area contributed by atoms with Crippen LogP contribution in [0, 0.1) is 0 Å². The molecule has 1 aromatic heterocycles. The Bertz CT molecular complexity index is 785. The van der Waals surface area contributed by atoms with Crippen molar-refractivity contribution in [2.45, 2.75) is 45.2 Å². The molecule has 2 aromatic rings. The van der Waals surface area contributed by atoms with Gasteiger partial charge >= 0.3 is 5.63 Å². The SMILES string of the molecule is COc1cccc2cc(C(=O)N3[C@@H](C)CCC[C@@H]3C)c(=O)oc12. The van der Waals surface area contributed by atoms with Gasteiger partial charge in [0.2, 0.25) is 0 Å². The number of para-hydroxylation sites is 1. The van der Waals surface area contributed by atoms with Crippen LogP contribution in [0.5, 0.6) is 5.75 Å². The summed E-state index contributed by atoms with van der Waals surface area (Å²) in [6, 6.07) is 7.21. The third kappa shape index (κ3) is 2.71. The lowest BCUT2D eigenvalue weighted by Crippen LogP contribution is -2.48. The van der Waals surface area contributed by atoms with Crippen LogP contribution in [-0.2, 0) is 0 Å². The number of fused-ring (bicyclic) bond motifs is 1. The molecule has 3 rings (SSSR count). The summed E-state index contributed by atoms with van der Waals surface area (Å²) in [4.78, 5) is 27.0. The van der Waals surface area contributed by atoms with Crippen LogP contribution in [0.25, 0.3) is 11.0 Å². The average molecular weight is 315 g/mol. The molecular formula is C18H21NO4. The molecule has 1 aliphatic rings. The zero-order chi connectivity index (χ0) is 16.6. The predicted octanol–water partition coefficient (Wildman–Crippen LogP) is 3.20. The van der Waals surface area contributed by atoms with Crippen molar-refractivity contribution >= 4 is 16.9 Å². The minimum Gasteiger partial charge on any atom is -0.493 e. The third-order valence-corrected chi connectivity index (χ3v) is 4.60. The summed E-state index contributed by atoms with van der Waals surface area (Å²) in [5.41, 5.74) is -0.153. The number of hydrogen-bond donors (Lipinski definition) is 0. The summed E-state index contributed by atoms with van der Waals surface area (Å²) in [5.74, 6) is 0.237. The first-order valence-corrected chi connectivity index (χ1v) is 7.96. The summed E-state index contributed by atoms with van der Waals surface area (Å²) >= 11 is 0.